The summed E-state index contributed by atoms with van der Waals surface area (Å²) in [5.41, 5.74) is 1.21. The number of amides is 1. The van der Waals surface area contributed by atoms with Crippen LogP contribution < -0.4 is 5.32 Å². The molecule has 1 heterocycles. The molecule has 0 saturated carbocycles. The highest BCUT2D eigenvalue weighted by Gasteiger charge is 2.30. The zero-order chi connectivity index (χ0) is 18.8. The zero-order valence-electron chi connectivity index (χ0n) is 13.7. The van der Waals surface area contributed by atoms with Crippen molar-refractivity contribution < 1.29 is 22.7 Å². The number of nitrogens with one attached hydrogen (secondary N) is 1. The normalized spacial score (nSPS) is 15.9. The van der Waals surface area contributed by atoms with Crippen molar-refractivity contribution in [2.75, 3.05) is 19.0 Å². The fraction of sp³-hybridized carbons (Fsp3) is 0.267. The molecule has 0 spiro atoms. The van der Waals surface area contributed by atoms with Crippen LogP contribution >= 0.6 is 11.6 Å². The van der Waals surface area contributed by atoms with Gasteiger partial charge in [0, 0.05) is 6.20 Å². The van der Waals surface area contributed by atoms with Gasteiger partial charge in [-0.1, -0.05) is 17.7 Å². The number of ether oxygens (including phenoxy) is 1. The van der Waals surface area contributed by atoms with Crippen molar-refractivity contribution in [3.8, 4) is 0 Å². The Kier molecular flexibility index (Phi) is 5.48. The van der Waals surface area contributed by atoms with E-state index in [1.807, 2.05) is 6.92 Å². The summed E-state index contributed by atoms with van der Waals surface area (Å²) in [7, 11) is -2.95. The van der Waals surface area contributed by atoms with E-state index in [1.54, 1.807) is 18.2 Å². The van der Waals surface area contributed by atoms with Gasteiger partial charge in [0.05, 0.1) is 29.1 Å². The molecule has 0 aliphatic carbocycles. The van der Waals surface area contributed by atoms with Crippen LogP contribution in [0.3, 0.4) is 0 Å². The summed E-state index contributed by atoms with van der Waals surface area (Å²) in [6, 6.07) is 5.03. The van der Waals surface area contributed by atoms with E-state index < -0.39 is 28.6 Å². The van der Waals surface area contributed by atoms with E-state index in [0.29, 0.717) is 15.0 Å². The third-order valence-electron chi connectivity index (χ3n) is 3.31. The lowest BCUT2D eigenvalue weighted by atomic mass is 10.2. The van der Waals surface area contributed by atoms with Gasteiger partial charge >= 0.3 is 16.2 Å². The number of anilines is 1. The van der Waals surface area contributed by atoms with E-state index in [-0.39, 0.29) is 11.3 Å². The molecule has 1 aromatic carbocycles. The molecule has 1 aliphatic heterocycles. The Hall–Kier alpha value is -2.39. The van der Waals surface area contributed by atoms with E-state index in [4.69, 9.17) is 11.6 Å². The molecule has 1 aliphatic rings. The Morgan fingerprint density at radius 1 is 1.32 bits per heavy atom. The number of esters is 1. The third-order valence-corrected chi connectivity index (χ3v) is 4.96. The lowest BCUT2D eigenvalue weighted by molar-refractivity contribution is -0.135. The van der Waals surface area contributed by atoms with Crippen molar-refractivity contribution >= 4 is 45.1 Å². The van der Waals surface area contributed by atoms with E-state index >= 15 is 0 Å². The molecule has 1 amide bonds. The lowest BCUT2D eigenvalue weighted by Crippen LogP contribution is -2.37. The summed E-state index contributed by atoms with van der Waals surface area (Å²) in [4.78, 5) is 23.8. The van der Waals surface area contributed by atoms with Crippen molar-refractivity contribution in [2.24, 2.45) is 4.40 Å². The van der Waals surface area contributed by atoms with Crippen LogP contribution in [-0.4, -0.2) is 44.0 Å². The fourth-order valence-electron chi connectivity index (χ4n) is 2.07. The van der Waals surface area contributed by atoms with Gasteiger partial charge in [-0.15, -0.1) is 4.40 Å². The van der Waals surface area contributed by atoms with Crippen molar-refractivity contribution in [1.29, 1.82) is 0 Å². The quantitative estimate of drug-likeness (QED) is 0.793. The standard InChI is InChI=1S/C15H16ClN3O5S/c1-9-4-5-13(12(16)6-9)17-14(20)8-19-7-11(15(21)24-3)10(2)18-25(19,22)23/h4-7H,8H2,1-3H3,(H,17,20). The van der Waals surface area contributed by atoms with Crippen LogP contribution in [0.5, 0.6) is 0 Å². The summed E-state index contributed by atoms with van der Waals surface area (Å²) in [6.45, 7) is 2.64. The van der Waals surface area contributed by atoms with Crippen molar-refractivity contribution in [2.45, 2.75) is 13.8 Å². The number of nitrogens with zero attached hydrogens (tertiary/aromatic N) is 2. The summed E-state index contributed by atoms with van der Waals surface area (Å²) < 4.78 is 32.9. The maximum absolute atomic E-state index is 12.2. The SMILES string of the molecule is COC(=O)C1=CN(CC(=O)Nc2ccc(C)cc2Cl)S(=O)(=O)N=C1C. The average Bonchev–Trinajstić information content (AvgIpc) is 2.51. The monoisotopic (exact) mass is 385 g/mol. The Bertz CT molecular complexity index is 892. The predicted molar refractivity (Wildman–Crippen MR) is 93.7 cm³/mol. The molecule has 1 aromatic rings. The smallest absolute Gasteiger partial charge is 0.344 e. The first-order chi connectivity index (χ1) is 11.6. The highest BCUT2D eigenvalue weighted by molar-refractivity contribution is 7.88. The first kappa shape index (κ1) is 18.9. The molecule has 0 bridgehead atoms. The van der Waals surface area contributed by atoms with Crippen molar-refractivity contribution in [1.82, 2.24) is 4.31 Å². The number of rotatable bonds is 4. The molecule has 25 heavy (non-hydrogen) atoms. The van der Waals surface area contributed by atoms with Gasteiger partial charge < -0.3 is 10.1 Å². The maximum Gasteiger partial charge on any atom is 0.344 e. The fourth-order valence-corrected chi connectivity index (χ4v) is 3.42. The van der Waals surface area contributed by atoms with Crippen molar-refractivity contribution in [3.63, 3.8) is 0 Å². The second kappa shape index (κ2) is 7.24. The minimum Gasteiger partial charge on any atom is -0.465 e. The summed E-state index contributed by atoms with van der Waals surface area (Å²) >= 11 is 6.03. The van der Waals surface area contributed by atoms with Gasteiger partial charge in [-0.05, 0) is 31.5 Å². The predicted octanol–water partition coefficient (Wildman–Crippen LogP) is 1.67. The Morgan fingerprint density at radius 3 is 2.60 bits per heavy atom. The van der Waals surface area contributed by atoms with Gasteiger partial charge in [0.15, 0.2) is 0 Å². The van der Waals surface area contributed by atoms with Gasteiger partial charge in [-0.3, -0.25) is 4.79 Å². The van der Waals surface area contributed by atoms with E-state index in [0.717, 1.165) is 18.9 Å². The van der Waals surface area contributed by atoms with Crippen LogP contribution in [-0.2, 0) is 24.5 Å². The van der Waals surface area contributed by atoms with E-state index in [1.165, 1.54) is 6.92 Å². The molecule has 8 nitrogen and oxygen atoms in total. The van der Waals surface area contributed by atoms with Crippen molar-refractivity contribution in [3.05, 3.63) is 40.6 Å². The molecule has 0 atom stereocenters. The largest absolute Gasteiger partial charge is 0.465 e. The van der Waals surface area contributed by atoms with Gasteiger partial charge in [-0.2, -0.15) is 8.42 Å². The molecule has 10 heteroatoms. The number of methoxy groups -OCH3 is 1. The van der Waals surface area contributed by atoms with E-state index in [9.17, 15) is 18.0 Å². The van der Waals surface area contributed by atoms with Gasteiger partial charge in [0.2, 0.25) is 5.91 Å². The molecule has 0 fully saturated rings. The number of benzene rings is 1. The minimum atomic E-state index is -4.11. The third kappa shape index (κ3) is 4.37. The molecule has 0 radical (unpaired) electrons. The van der Waals surface area contributed by atoms with Crippen LogP contribution in [0, 0.1) is 6.92 Å². The first-order valence-electron chi connectivity index (χ1n) is 7.09. The van der Waals surface area contributed by atoms with Gasteiger partial charge in [-0.25, -0.2) is 9.10 Å². The number of hydrogen-bond acceptors (Lipinski definition) is 5. The summed E-state index contributed by atoms with van der Waals surface area (Å²) in [5, 5.41) is 2.85. The molecular weight excluding hydrogens is 370 g/mol. The Balaban J connectivity index is 2.21. The molecule has 1 N–H and O–H groups in total. The van der Waals surface area contributed by atoms with Crippen LogP contribution in [0.4, 0.5) is 5.69 Å². The Morgan fingerprint density at radius 2 is 2.00 bits per heavy atom. The maximum atomic E-state index is 12.2. The average molecular weight is 386 g/mol. The van der Waals surface area contributed by atoms with Crippen LogP contribution in [0.1, 0.15) is 12.5 Å². The minimum absolute atomic E-state index is 0.00918. The number of carbonyl (C=O) groups is 2. The first-order valence-corrected chi connectivity index (χ1v) is 8.86. The highest BCUT2D eigenvalue weighted by atomic mass is 35.5. The molecule has 0 unspecified atom stereocenters. The van der Waals surface area contributed by atoms with Crippen LogP contribution in [0.25, 0.3) is 0 Å². The number of halogens is 1. The topological polar surface area (TPSA) is 105 Å². The molecule has 0 saturated heterocycles. The van der Waals surface area contributed by atoms with Crippen LogP contribution in [0.2, 0.25) is 5.02 Å². The van der Waals surface area contributed by atoms with E-state index in [2.05, 4.69) is 14.5 Å². The molecule has 134 valence electrons. The van der Waals surface area contributed by atoms with Gasteiger partial charge in [0.1, 0.15) is 6.54 Å². The highest BCUT2D eigenvalue weighted by Crippen LogP contribution is 2.23. The number of aryl methyl sites for hydroxylation is 1. The lowest BCUT2D eigenvalue weighted by Gasteiger charge is -2.22. The van der Waals surface area contributed by atoms with Crippen LogP contribution in [0.15, 0.2) is 34.4 Å². The Labute approximate surface area is 150 Å². The molecule has 0 aromatic heterocycles. The molecule has 2 rings (SSSR count). The molecular formula is C15H16ClN3O5S. The number of hydrogen-bond donors (Lipinski definition) is 1. The summed E-state index contributed by atoms with van der Waals surface area (Å²) in [6.07, 6.45) is 1.03. The van der Waals surface area contributed by atoms with Gasteiger partial charge in [0.25, 0.3) is 0 Å². The second-order valence-corrected chi connectivity index (χ2v) is 7.22. The summed E-state index contributed by atoms with van der Waals surface area (Å²) in [5.74, 6) is -1.38. The number of carbonyl (C=O) groups excluding carboxylic acids is 2. The zero-order valence-corrected chi connectivity index (χ0v) is 15.3. The second-order valence-electron chi connectivity index (χ2n) is 5.27.